The summed E-state index contributed by atoms with van der Waals surface area (Å²) >= 11 is 0. The molecular weight excluding hydrogens is 306 g/mol. The number of nitrogens with one attached hydrogen (secondary N) is 1. The Morgan fingerprint density at radius 1 is 1.21 bits per heavy atom. The Balaban J connectivity index is 1.97. The number of carboxylic acid groups (broad SMARTS) is 1. The predicted octanol–water partition coefficient (Wildman–Crippen LogP) is 3.28. The van der Waals surface area contributed by atoms with Gasteiger partial charge < -0.3 is 10.4 Å². The molecule has 0 aliphatic carbocycles. The van der Waals surface area contributed by atoms with Crippen LogP contribution in [-0.4, -0.2) is 26.8 Å². The Morgan fingerprint density at radius 3 is 2.33 bits per heavy atom. The van der Waals surface area contributed by atoms with Crippen LogP contribution in [0.4, 0.5) is 5.69 Å². The lowest BCUT2D eigenvalue weighted by molar-refractivity contribution is -0.138. The highest BCUT2D eigenvalue weighted by Gasteiger charge is 2.15. The van der Waals surface area contributed by atoms with E-state index < -0.39 is 11.9 Å². The third kappa shape index (κ3) is 4.22. The number of carbonyl (C=O) groups excluding carboxylic acids is 1. The van der Waals surface area contributed by atoms with Crippen molar-refractivity contribution in [1.29, 1.82) is 0 Å². The minimum Gasteiger partial charge on any atom is -0.481 e. The standard InChI is InChI=1S/C18H23N3O3/c1-11-9-12(2)21(20-11)13(3)10-17(22)19-16-7-5-15(6-8-16)14(4)18(23)24/h5-9,13-14H,10H2,1-4H3,(H,19,22)(H,23,24). The SMILES string of the molecule is Cc1cc(C)n(C(C)CC(=O)Nc2ccc(C(C)C(=O)O)cc2)n1. The topological polar surface area (TPSA) is 84.2 Å². The maximum Gasteiger partial charge on any atom is 0.310 e. The van der Waals surface area contributed by atoms with E-state index in [4.69, 9.17) is 5.11 Å². The number of nitrogens with zero attached hydrogens (tertiary/aromatic N) is 2. The van der Waals surface area contributed by atoms with Gasteiger partial charge in [-0.2, -0.15) is 5.10 Å². The van der Waals surface area contributed by atoms with E-state index in [9.17, 15) is 9.59 Å². The Kier molecular flexibility index (Phi) is 5.39. The van der Waals surface area contributed by atoms with Gasteiger partial charge in [-0.05, 0) is 51.5 Å². The lowest BCUT2D eigenvalue weighted by Gasteiger charge is -2.14. The largest absolute Gasteiger partial charge is 0.481 e. The van der Waals surface area contributed by atoms with Crippen molar-refractivity contribution in [3.05, 3.63) is 47.3 Å². The van der Waals surface area contributed by atoms with Gasteiger partial charge in [0, 0.05) is 17.8 Å². The first kappa shape index (κ1) is 17.7. The van der Waals surface area contributed by atoms with Gasteiger partial charge in [-0.25, -0.2) is 0 Å². The van der Waals surface area contributed by atoms with Crippen molar-refractivity contribution in [3.8, 4) is 0 Å². The molecule has 2 atom stereocenters. The summed E-state index contributed by atoms with van der Waals surface area (Å²) in [5.74, 6) is -1.54. The van der Waals surface area contributed by atoms with Gasteiger partial charge in [0.1, 0.15) is 0 Å². The maximum absolute atomic E-state index is 12.2. The molecule has 0 spiro atoms. The highest BCUT2D eigenvalue weighted by atomic mass is 16.4. The normalized spacial score (nSPS) is 13.3. The second-order valence-electron chi connectivity index (χ2n) is 6.15. The van der Waals surface area contributed by atoms with Gasteiger partial charge in [-0.15, -0.1) is 0 Å². The van der Waals surface area contributed by atoms with Crippen LogP contribution in [0.25, 0.3) is 0 Å². The van der Waals surface area contributed by atoms with Crippen molar-refractivity contribution in [1.82, 2.24) is 9.78 Å². The predicted molar refractivity (Wildman–Crippen MR) is 92.2 cm³/mol. The third-order valence-electron chi connectivity index (χ3n) is 4.01. The molecule has 128 valence electrons. The third-order valence-corrected chi connectivity index (χ3v) is 4.01. The summed E-state index contributed by atoms with van der Waals surface area (Å²) in [5.41, 5.74) is 3.32. The average molecular weight is 329 g/mol. The Morgan fingerprint density at radius 2 is 1.83 bits per heavy atom. The number of aryl methyl sites for hydroxylation is 2. The number of rotatable bonds is 6. The lowest BCUT2D eigenvalue weighted by atomic mass is 10.0. The molecule has 0 bridgehead atoms. The average Bonchev–Trinajstić information content (AvgIpc) is 2.85. The fourth-order valence-corrected chi connectivity index (χ4v) is 2.66. The summed E-state index contributed by atoms with van der Waals surface area (Å²) in [7, 11) is 0. The van der Waals surface area contributed by atoms with Crippen LogP contribution in [0.5, 0.6) is 0 Å². The smallest absolute Gasteiger partial charge is 0.310 e. The molecule has 0 aliphatic heterocycles. The van der Waals surface area contributed by atoms with Crippen molar-refractivity contribution in [2.24, 2.45) is 0 Å². The minimum absolute atomic E-state index is 0.0370. The number of hydrogen-bond donors (Lipinski definition) is 2. The summed E-state index contributed by atoms with van der Waals surface area (Å²) < 4.78 is 1.85. The molecule has 0 saturated heterocycles. The molecule has 1 aromatic carbocycles. The highest BCUT2D eigenvalue weighted by molar-refractivity contribution is 5.91. The molecule has 2 rings (SSSR count). The van der Waals surface area contributed by atoms with Gasteiger partial charge in [0.15, 0.2) is 0 Å². The zero-order chi connectivity index (χ0) is 17.9. The van der Waals surface area contributed by atoms with Crippen molar-refractivity contribution < 1.29 is 14.7 Å². The molecule has 24 heavy (non-hydrogen) atoms. The first-order chi connectivity index (χ1) is 11.3. The van der Waals surface area contributed by atoms with Gasteiger partial charge in [0.05, 0.1) is 17.7 Å². The van der Waals surface area contributed by atoms with Crippen LogP contribution in [0.2, 0.25) is 0 Å². The minimum atomic E-state index is -0.870. The number of aromatic nitrogens is 2. The highest BCUT2D eigenvalue weighted by Crippen LogP contribution is 2.19. The van der Waals surface area contributed by atoms with Crippen LogP contribution in [0.1, 0.15) is 49.2 Å². The van der Waals surface area contributed by atoms with Crippen LogP contribution < -0.4 is 5.32 Å². The second kappa shape index (κ2) is 7.29. The van der Waals surface area contributed by atoms with E-state index in [-0.39, 0.29) is 11.9 Å². The molecule has 2 aromatic rings. The second-order valence-corrected chi connectivity index (χ2v) is 6.15. The Labute approximate surface area is 141 Å². The van der Waals surface area contributed by atoms with Gasteiger partial charge in [0.25, 0.3) is 0 Å². The summed E-state index contributed by atoms with van der Waals surface area (Å²) in [6.07, 6.45) is 0.315. The molecule has 1 aromatic heterocycles. The van der Waals surface area contributed by atoms with E-state index in [0.29, 0.717) is 17.7 Å². The van der Waals surface area contributed by atoms with E-state index in [1.807, 2.05) is 31.5 Å². The molecule has 0 saturated carbocycles. The van der Waals surface area contributed by atoms with E-state index in [2.05, 4.69) is 10.4 Å². The van der Waals surface area contributed by atoms with Crippen LogP contribution in [0, 0.1) is 13.8 Å². The fraction of sp³-hybridized carbons (Fsp3) is 0.389. The number of carbonyl (C=O) groups is 2. The number of hydrogen-bond acceptors (Lipinski definition) is 3. The summed E-state index contributed by atoms with van der Waals surface area (Å²) in [5, 5.41) is 16.2. The summed E-state index contributed by atoms with van der Waals surface area (Å²) in [4.78, 5) is 23.2. The number of carboxylic acids is 1. The lowest BCUT2D eigenvalue weighted by Crippen LogP contribution is -2.19. The quantitative estimate of drug-likeness (QED) is 0.852. The number of amides is 1. The molecule has 0 aliphatic rings. The molecule has 6 heteroatoms. The molecular formula is C18H23N3O3. The first-order valence-electron chi connectivity index (χ1n) is 7.93. The first-order valence-corrected chi connectivity index (χ1v) is 7.93. The molecule has 6 nitrogen and oxygen atoms in total. The van der Waals surface area contributed by atoms with Crippen molar-refractivity contribution >= 4 is 17.6 Å². The number of benzene rings is 1. The van der Waals surface area contributed by atoms with Gasteiger partial charge in [-0.1, -0.05) is 12.1 Å². The van der Waals surface area contributed by atoms with Crippen LogP contribution in [0.3, 0.4) is 0 Å². The van der Waals surface area contributed by atoms with Gasteiger partial charge in [-0.3, -0.25) is 14.3 Å². The molecule has 2 N–H and O–H groups in total. The molecule has 2 unspecified atom stereocenters. The van der Waals surface area contributed by atoms with E-state index in [1.165, 1.54) is 0 Å². The van der Waals surface area contributed by atoms with Crippen molar-refractivity contribution in [3.63, 3.8) is 0 Å². The fourth-order valence-electron chi connectivity index (χ4n) is 2.66. The van der Waals surface area contributed by atoms with Gasteiger partial charge >= 0.3 is 5.97 Å². The monoisotopic (exact) mass is 329 g/mol. The summed E-state index contributed by atoms with van der Waals surface area (Å²) in [6, 6.07) is 8.83. The zero-order valence-corrected chi connectivity index (χ0v) is 14.4. The number of anilines is 1. The maximum atomic E-state index is 12.2. The van der Waals surface area contributed by atoms with Crippen LogP contribution in [0.15, 0.2) is 30.3 Å². The molecule has 1 heterocycles. The van der Waals surface area contributed by atoms with Gasteiger partial charge in [0.2, 0.25) is 5.91 Å². The molecule has 1 amide bonds. The van der Waals surface area contributed by atoms with E-state index in [0.717, 1.165) is 11.4 Å². The Bertz CT molecular complexity index is 734. The zero-order valence-electron chi connectivity index (χ0n) is 14.4. The summed E-state index contributed by atoms with van der Waals surface area (Å²) in [6.45, 7) is 7.48. The van der Waals surface area contributed by atoms with E-state index in [1.54, 1.807) is 31.2 Å². The number of aliphatic carboxylic acids is 1. The van der Waals surface area contributed by atoms with Crippen LogP contribution >= 0.6 is 0 Å². The van der Waals surface area contributed by atoms with E-state index >= 15 is 0 Å². The van der Waals surface area contributed by atoms with Crippen molar-refractivity contribution in [2.75, 3.05) is 5.32 Å². The Hall–Kier alpha value is -2.63. The molecule has 0 fully saturated rings. The van der Waals surface area contributed by atoms with Crippen LogP contribution in [-0.2, 0) is 9.59 Å². The molecule has 0 radical (unpaired) electrons. The van der Waals surface area contributed by atoms with Crippen molar-refractivity contribution in [2.45, 2.75) is 46.1 Å².